The van der Waals surface area contributed by atoms with Crippen molar-refractivity contribution >= 4 is 17.0 Å². The first-order chi connectivity index (χ1) is 4.74. The Morgan fingerprint density at radius 2 is 2.50 bits per heavy atom. The molecule has 0 aliphatic rings. The summed E-state index contributed by atoms with van der Waals surface area (Å²) >= 11 is 1.52. The summed E-state index contributed by atoms with van der Waals surface area (Å²) in [5, 5.41) is 12.4. The van der Waals surface area contributed by atoms with Crippen molar-refractivity contribution in [1.29, 1.82) is 0 Å². The van der Waals surface area contributed by atoms with Crippen LogP contribution in [0.1, 0.15) is 16.8 Å². The van der Waals surface area contributed by atoms with E-state index in [1.807, 2.05) is 6.92 Å². The van der Waals surface area contributed by atoms with E-state index in [0.717, 1.165) is 9.88 Å². The highest BCUT2D eigenvalue weighted by molar-refractivity contribution is 7.13. The van der Waals surface area contributed by atoms with Crippen LogP contribution in [0.4, 0.5) is 0 Å². The van der Waals surface area contributed by atoms with Crippen LogP contribution in [0, 0.1) is 6.92 Å². The lowest BCUT2D eigenvalue weighted by atomic mass is 10.4. The zero-order chi connectivity index (χ0) is 7.56. The third-order valence-corrected chi connectivity index (χ3v) is 2.15. The molecule has 0 unspecified atom stereocenters. The molecular weight excluding hydrogens is 148 g/mol. The Bertz CT molecular complexity index is 254. The fourth-order valence-corrected chi connectivity index (χ4v) is 1.30. The van der Waals surface area contributed by atoms with E-state index in [4.69, 9.17) is 5.21 Å². The molecule has 0 amide bonds. The Morgan fingerprint density at radius 1 is 1.80 bits per heavy atom. The van der Waals surface area contributed by atoms with Crippen LogP contribution in [0.3, 0.4) is 0 Å². The number of hydrogen-bond donors (Lipinski definition) is 1. The monoisotopic (exact) mass is 156 g/mol. The first kappa shape index (κ1) is 7.21. The van der Waals surface area contributed by atoms with Gasteiger partial charge in [0.05, 0.1) is 15.6 Å². The van der Waals surface area contributed by atoms with Gasteiger partial charge < -0.3 is 5.21 Å². The van der Waals surface area contributed by atoms with E-state index < -0.39 is 0 Å². The van der Waals surface area contributed by atoms with Crippen molar-refractivity contribution in [3.63, 3.8) is 0 Å². The van der Waals surface area contributed by atoms with Crippen LogP contribution in [0.5, 0.6) is 0 Å². The van der Waals surface area contributed by atoms with Crippen LogP contribution >= 0.6 is 11.3 Å². The summed E-state index contributed by atoms with van der Waals surface area (Å²) in [6.45, 7) is 3.66. The normalized spacial score (nSPS) is 12.0. The molecule has 54 valence electrons. The minimum absolute atomic E-state index is 0.616. The van der Waals surface area contributed by atoms with Crippen molar-refractivity contribution in [3.05, 3.63) is 16.1 Å². The van der Waals surface area contributed by atoms with Crippen LogP contribution in [-0.4, -0.2) is 15.9 Å². The summed E-state index contributed by atoms with van der Waals surface area (Å²) in [4.78, 5) is 4.93. The molecule has 1 aromatic rings. The van der Waals surface area contributed by atoms with E-state index in [1.54, 1.807) is 13.1 Å². The molecule has 10 heavy (non-hydrogen) atoms. The van der Waals surface area contributed by atoms with Crippen molar-refractivity contribution in [2.75, 3.05) is 0 Å². The Kier molecular flexibility index (Phi) is 2.01. The second kappa shape index (κ2) is 2.79. The van der Waals surface area contributed by atoms with Gasteiger partial charge in [-0.25, -0.2) is 4.98 Å². The van der Waals surface area contributed by atoms with Crippen molar-refractivity contribution in [1.82, 2.24) is 4.98 Å². The molecule has 0 aromatic carbocycles. The molecule has 3 nitrogen and oxygen atoms in total. The fraction of sp³-hybridized carbons (Fsp3) is 0.333. The van der Waals surface area contributed by atoms with E-state index in [-0.39, 0.29) is 0 Å². The number of aromatic nitrogens is 1. The highest BCUT2D eigenvalue weighted by Crippen LogP contribution is 2.11. The van der Waals surface area contributed by atoms with Gasteiger partial charge in [-0.15, -0.1) is 11.3 Å². The number of nitrogens with zero attached hydrogens (tertiary/aromatic N) is 2. The average molecular weight is 156 g/mol. The maximum Gasteiger partial charge on any atom is 0.0952 e. The predicted molar refractivity (Wildman–Crippen MR) is 40.8 cm³/mol. The topological polar surface area (TPSA) is 45.5 Å². The minimum Gasteiger partial charge on any atom is -0.411 e. The van der Waals surface area contributed by atoms with E-state index in [2.05, 4.69) is 10.1 Å². The lowest BCUT2D eigenvalue weighted by Crippen LogP contribution is -1.88. The average Bonchev–Trinajstić information content (AvgIpc) is 2.34. The van der Waals surface area contributed by atoms with Crippen LogP contribution in [-0.2, 0) is 0 Å². The molecule has 1 heterocycles. The Morgan fingerprint density at radius 3 is 2.90 bits per heavy atom. The largest absolute Gasteiger partial charge is 0.411 e. The lowest BCUT2D eigenvalue weighted by molar-refractivity contribution is 0.319. The first-order valence-corrected chi connectivity index (χ1v) is 3.67. The van der Waals surface area contributed by atoms with Crippen LogP contribution in [0.2, 0.25) is 0 Å². The fourth-order valence-electron chi connectivity index (χ4n) is 0.578. The van der Waals surface area contributed by atoms with Gasteiger partial charge in [0.1, 0.15) is 0 Å². The highest BCUT2D eigenvalue weighted by atomic mass is 32.1. The molecule has 4 heteroatoms. The zero-order valence-corrected chi connectivity index (χ0v) is 6.64. The van der Waals surface area contributed by atoms with Crippen molar-refractivity contribution in [2.45, 2.75) is 13.8 Å². The van der Waals surface area contributed by atoms with Gasteiger partial charge in [0.25, 0.3) is 0 Å². The molecule has 0 saturated carbocycles. The predicted octanol–water partition coefficient (Wildman–Crippen LogP) is 1.65. The van der Waals surface area contributed by atoms with Gasteiger partial charge in [-0.2, -0.15) is 0 Å². The van der Waals surface area contributed by atoms with Crippen molar-refractivity contribution in [2.24, 2.45) is 5.16 Å². The summed E-state index contributed by atoms with van der Waals surface area (Å²) in [6.07, 6.45) is 1.70. The van der Waals surface area contributed by atoms with Crippen LogP contribution in [0.15, 0.2) is 11.4 Å². The molecule has 1 aromatic heterocycles. The second-order valence-corrected chi connectivity index (χ2v) is 3.16. The number of thiazole rings is 1. The van der Waals surface area contributed by atoms with Gasteiger partial charge in [-0.05, 0) is 13.8 Å². The maximum absolute atomic E-state index is 8.36. The summed E-state index contributed by atoms with van der Waals surface area (Å²) in [6, 6.07) is 0. The van der Waals surface area contributed by atoms with Crippen molar-refractivity contribution < 1.29 is 5.21 Å². The molecule has 0 spiro atoms. The standard InChI is InChI=1S/C6H8N2OS/c1-4(8-9)6-3-7-5(2)10-6/h3,9H,1-2H3/b8-4+. The molecular formula is C6H8N2OS. The molecule has 1 rings (SSSR count). The van der Waals surface area contributed by atoms with Gasteiger partial charge in [-0.3, -0.25) is 0 Å². The zero-order valence-electron chi connectivity index (χ0n) is 5.83. The Balaban J connectivity index is 2.95. The van der Waals surface area contributed by atoms with Gasteiger partial charge in [0.15, 0.2) is 0 Å². The van der Waals surface area contributed by atoms with E-state index in [9.17, 15) is 0 Å². The molecule has 0 atom stereocenters. The lowest BCUT2D eigenvalue weighted by Gasteiger charge is -1.86. The van der Waals surface area contributed by atoms with Gasteiger partial charge in [-0.1, -0.05) is 5.16 Å². The van der Waals surface area contributed by atoms with E-state index >= 15 is 0 Å². The van der Waals surface area contributed by atoms with Crippen LogP contribution in [0.25, 0.3) is 0 Å². The van der Waals surface area contributed by atoms with E-state index in [1.165, 1.54) is 11.3 Å². The molecule has 0 fully saturated rings. The third kappa shape index (κ3) is 1.33. The summed E-state index contributed by atoms with van der Waals surface area (Å²) in [5.74, 6) is 0. The molecule has 0 aliphatic carbocycles. The number of oxime groups is 1. The molecule has 1 N–H and O–H groups in total. The van der Waals surface area contributed by atoms with Gasteiger partial charge in [0, 0.05) is 6.20 Å². The molecule has 0 saturated heterocycles. The second-order valence-electron chi connectivity index (χ2n) is 1.93. The molecule has 0 radical (unpaired) electrons. The Labute approximate surface area is 63.0 Å². The quantitative estimate of drug-likeness (QED) is 0.381. The van der Waals surface area contributed by atoms with Gasteiger partial charge >= 0.3 is 0 Å². The van der Waals surface area contributed by atoms with E-state index in [0.29, 0.717) is 5.71 Å². The summed E-state index contributed by atoms with van der Waals surface area (Å²) in [5.41, 5.74) is 0.616. The summed E-state index contributed by atoms with van der Waals surface area (Å²) < 4.78 is 0. The minimum atomic E-state index is 0.616. The Hall–Kier alpha value is -0.900. The number of hydrogen-bond acceptors (Lipinski definition) is 4. The number of aryl methyl sites for hydroxylation is 1. The van der Waals surface area contributed by atoms with Crippen molar-refractivity contribution in [3.8, 4) is 0 Å². The first-order valence-electron chi connectivity index (χ1n) is 2.85. The number of rotatable bonds is 1. The summed E-state index contributed by atoms with van der Waals surface area (Å²) in [7, 11) is 0. The van der Waals surface area contributed by atoms with Gasteiger partial charge in [0.2, 0.25) is 0 Å². The smallest absolute Gasteiger partial charge is 0.0952 e. The molecule has 0 aliphatic heterocycles. The third-order valence-electron chi connectivity index (χ3n) is 1.13. The maximum atomic E-state index is 8.36. The van der Waals surface area contributed by atoms with Crippen LogP contribution < -0.4 is 0 Å². The SMILES string of the molecule is C/C(=N\O)c1cnc(C)s1. The molecule has 0 bridgehead atoms. The highest BCUT2D eigenvalue weighted by Gasteiger charge is 2.00.